The van der Waals surface area contributed by atoms with E-state index in [2.05, 4.69) is 64.9 Å². The molecule has 0 aromatic rings. The van der Waals surface area contributed by atoms with Crippen LogP contribution in [-0.2, 0) is 4.84 Å². The van der Waals surface area contributed by atoms with Crippen LogP contribution in [0.4, 0.5) is 0 Å². The van der Waals surface area contributed by atoms with Crippen molar-refractivity contribution in [2.45, 2.75) is 47.3 Å². The summed E-state index contributed by atoms with van der Waals surface area (Å²) < 4.78 is 0. The predicted molar refractivity (Wildman–Crippen MR) is 88.6 cm³/mol. The van der Waals surface area contributed by atoms with E-state index in [1.807, 2.05) is 0 Å². The van der Waals surface area contributed by atoms with E-state index in [4.69, 9.17) is 4.84 Å². The highest BCUT2D eigenvalue weighted by Gasteiger charge is 2.41. The van der Waals surface area contributed by atoms with Crippen LogP contribution in [0.25, 0.3) is 0 Å². The summed E-state index contributed by atoms with van der Waals surface area (Å²) >= 11 is 0. The second-order valence-corrected chi connectivity index (χ2v) is 15.9. The van der Waals surface area contributed by atoms with Crippen LogP contribution in [0.3, 0.4) is 0 Å². The van der Waals surface area contributed by atoms with Crippen molar-refractivity contribution >= 4 is 33.1 Å². The molecule has 0 amide bonds. The molecule has 1 aliphatic rings. The average molecular weight is 311 g/mol. The van der Waals surface area contributed by atoms with E-state index >= 15 is 0 Å². The average Bonchev–Trinajstić information content (AvgIpc) is 2.59. The highest BCUT2D eigenvalue weighted by atomic mass is 32.6. The number of nitrogens with one attached hydrogen (secondary N) is 1. The molecular weight excluding hydrogens is 286 g/mol. The van der Waals surface area contributed by atoms with Crippen LogP contribution in [0, 0.1) is 10.8 Å². The van der Waals surface area contributed by atoms with E-state index in [-0.39, 0.29) is 18.1 Å². The summed E-state index contributed by atoms with van der Waals surface area (Å²) in [5, 5.41) is 0. The SMILES string of the molecule is CC(C)(C)C1=C(C(C)(C)C)C(P(P)PP)NO1. The molecule has 1 heterocycles. The zero-order valence-corrected chi connectivity index (χ0v) is 15.8. The summed E-state index contributed by atoms with van der Waals surface area (Å²) in [6.45, 7) is 13.5. The quantitative estimate of drug-likeness (QED) is 0.736. The van der Waals surface area contributed by atoms with Crippen molar-refractivity contribution < 1.29 is 4.84 Å². The van der Waals surface area contributed by atoms with Crippen molar-refractivity contribution in [2.75, 3.05) is 0 Å². The largest absolute Gasteiger partial charge is 0.412 e. The molecule has 100 valence electrons. The standard InChI is InChI=1S/C11H25NOP4/c1-10(2,3)7-8(11(4,5)6)13-12-9(7)17(15)16-14/h9,12,16H,14-15H2,1-6H3. The maximum atomic E-state index is 5.82. The Bertz CT molecular complexity index is 316. The van der Waals surface area contributed by atoms with Gasteiger partial charge in [0.15, 0.2) is 0 Å². The monoisotopic (exact) mass is 311 g/mol. The van der Waals surface area contributed by atoms with Gasteiger partial charge in [0.1, 0.15) is 5.76 Å². The Morgan fingerprint density at radius 2 is 1.71 bits per heavy atom. The molecule has 0 saturated heterocycles. The predicted octanol–water partition coefficient (Wildman–Crippen LogP) is 4.85. The maximum absolute atomic E-state index is 5.82. The lowest BCUT2D eigenvalue weighted by Gasteiger charge is -2.30. The topological polar surface area (TPSA) is 21.3 Å². The molecule has 1 rings (SSSR count). The first-order valence-corrected chi connectivity index (χ1v) is 12.4. The summed E-state index contributed by atoms with van der Waals surface area (Å²) in [6, 6.07) is 0. The van der Waals surface area contributed by atoms with Gasteiger partial charge in [-0.3, -0.25) is 0 Å². The fourth-order valence-electron chi connectivity index (χ4n) is 1.93. The number of rotatable bonds is 2. The van der Waals surface area contributed by atoms with Crippen LogP contribution in [0.2, 0.25) is 0 Å². The molecular formula is C11H25NOP4. The van der Waals surface area contributed by atoms with Gasteiger partial charge in [-0.25, -0.2) is 0 Å². The van der Waals surface area contributed by atoms with Gasteiger partial charge in [-0.2, -0.15) is 0 Å². The Hall–Kier alpha value is 1.22. The molecule has 6 heteroatoms. The van der Waals surface area contributed by atoms with Crippen molar-refractivity contribution in [3.8, 4) is 0 Å². The Balaban J connectivity index is 3.21. The van der Waals surface area contributed by atoms with Gasteiger partial charge in [-0.15, -0.1) is 23.3 Å². The summed E-state index contributed by atoms with van der Waals surface area (Å²) in [7, 11) is 6.59. The zero-order valence-electron chi connectivity index (χ0n) is 11.6. The van der Waals surface area contributed by atoms with Gasteiger partial charge >= 0.3 is 0 Å². The van der Waals surface area contributed by atoms with Crippen molar-refractivity contribution in [3.05, 3.63) is 11.3 Å². The molecule has 0 fully saturated rings. The van der Waals surface area contributed by atoms with Crippen molar-refractivity contribution in [3.63, 3.8) is 0 Å². The molecule has 1 N–H and O–H groups in total. The third kappa shape index (κ3) is 3.84. The summed E-state index contributed by atoms with van der Waals surface area (Å²) in [5.41, 5.74) is 4.91. The Labute approximate surface area is 113 Å². The molecule has 0 saturated carbocycles. The molecule has 5 unspecified atom stereocenters. The van der Waals surface area contributed by atoms with Gasteiger partial charge in [0, 0.05) is 11.0 Å². The molecule has 0 radical (unpaired) electrons. The third-order valence-corrected chi connectivity index (χ3v) is 13.2. The zero-order chi connectivity index (χ0) is 13.4. The Kier molecular flexibility index (Phi) is 5.45. The van der Waals surface area contributed by atoms with Crippen LogP contribution in [0.5, 0.6) is 0 Å². The van der Waals surface area contributed by atoms with E-state index in [1.54, 1.807) is 0 Å². The minimum Gasteiger partial charge on any atom is -0.412 e. The van der Waals surface area contributed by atoms with Gasteiger partial charge in [0.2, 0.25) is 0 Å². The molecule has 0 bridgehead atoms. The normalized spacial score (nSPS) is 24.6. The number of hydrogen-bond donors (Lipinski definition) is 1. The van der Waals surface area contributed by atoms with Crippen LogP contribution >= 0.6 is 33.1 Å². The first-order chi connectivity index (χ1) is 7.59. The Morgan fingerprint density at radius 1 is 1.18 bits per heavy atom. The molecule has 5 atom stereocenters. The highest BCUT2D eigenvalue weighted by Crippen LogP contribution is 2.71. The molecule has 0 spiro atoms. The fourth-order valence-corrected chi connectivity index (χ4v) is 5.99. The second kappa shape index (κ2) is 5.69. The molecule has 0 aromatic carbocycles. The van der Waals surface area contributed by atoms with Crippen LogP contribution < -0.4 is 5.48 Å². The van der Waals surface area contributed by atoms with Crippen molar-refractivity contribution in [2.24, 2.45) is 10.8 Å². The number of allylic oxidation sites excluding steroid dienone is 1. The fraction of sp³-hybridized carbons (Fsp3) is 0.818. The molecule has 1 aliphatic heterocycles. The number of hydrogen-bond acceptors (Lipinski definition) is 2. The number of hydroxylamine groups is 1. The van der Waals surface area contributed by atoms with Crippen molar-refractivity contribution in [1.82, 2.24) is 5.48 Å². The van der Waals surface area contributed by atoms with E-state index in [0.29, 0.717) is 5.78 Å². The smallest absolute Gasteiger partial charge is 0.131 e. The lowest BCUT2D eigenvalue weighted by Crippen LogP contribution is -2.25. The van der Waals surface area contributed by atoms with Gasteiger partial charge in [-0.05, 0) is 12.7 Å². The molecule has 17 heavy (non-hydrogen) atoms. The minimum absolute atomic E-state index is 0.0647. The van der Waals surface area contributed by atoms with E-state index in [1.165, 1.54) is 5.57 Å². The van der Waals surface area contributed by atoms with Gasteiger partial charge in [0.05, 0.1) is 5.78 Å². The van der Waals surface area contributed by atoms with Gasteiger partial charge in [0.25, 0.3) is 0 Å². The first-order valence-electron chi connectivity index (χ1n) is 5.76. The highest BCUT2D eigenvalue weighted by molar-refractivity contribution is 8.61. The first kappa shape index (κ1) is 16.3. The molecule has 0 aromatic heterocycles. The van der Waals surface area contributed by atoms with Crippen LogP contribution in [-0.4, -0.2) is 5.78 Å². The minimum atomic E-state index is -0.143. The van der Waals surface area contributed by atoms with E-state index in [0.717, 1.165) is 13.7 Å². The molecule has 0 aliphatic carbocycles. The maximum Gasteiger partial charge on any atom is 0.131 e. The summed E-state index contributed by atoms with van der Waals surface area (Å²) in [4.78, 5) is 5.82. The Morgan fingerprint density at radius 3 is 2.06 bits per heavy atom. The molecule has 2 nitrogen and oxygen atoms in total. The summed E-state index contributed by atoms with van der Waals surface area (Å²) in [6.07, 6.45) is 0. The van der Waals surface area contributed by atoms with Crippen LogP contribution in [0.15, 0.2) is 11.3 Å². The van der Waals surface area contributed by atoms with Gasteiger partial charge < -0.3 is 4.84 Å². The van der Waals surface area contributed by atoms with Gasteiger partial charge in [-0.1, -0.05) is 49.5 Å². The lowest BCUT2D eigenvalue weighted by molar-refractivity contribution is 0.0914. The third-order valence-electron chi connectivity index (χ3n) is 2.71. The van der Waals surface area contributed by atoms with E-state index < -0.39 is 0 Å². The lowest BCUT2D eigenvalue weighted by atomic mass is 9.80. The van der Waals surface area contributed by atoms with Crippen molar-refractivity contribution in [1.29, 1.82) is 0 Å². The van der Waals surface area contributed by atoms with Crippen LogP contribution in [0.1, 0.15) is 41.5 Å². The summed E-state index contributed by atoms with van der Waals surface area (Å²) in [5.74, 6) is 1.51. The second-order valence-electron chi connectivity index (χ2n) is 6.40. The van der Waals surface area contributed by atoms with E-state index in [9.17, 15) is 0 Å².